The Morgan fingerprint density at radius 3 is 2.70 bits per heavy atom. The molecule has 2 aromatic carbocycles. The van der Waals surface area contributed by atoms with E-state index in [1.54, 1.807) is 22.8 Å². The number of hydrogen-bond donors (Lipinski definition) is 1. The molecule has 0 radical (unpaired) electrons. The number of nitrogens with one attached hydrogen (secondary N) is 1. The average molecular weight is 486 g/mol. The van der Waals surface area contributed by atoms with Gasteiger partial charge in [-0.3, -0.25) is 14.2 Å². The molecule has 0 aliphatic heterocycles. The topological polar surface area (TPSA) is 73.2 Å². The minimum atomic E-state index is -0.520. The highest BCUT2D eigenvalue weighted by Crippen LogP contribution is 2.36. The minimum absolute atomic E-state index is 0.0659. The first-order chi connectivity index (χ1) is 15.9. The van der Waals surface area contributed by atoms with E-state index in [4.69, 9.17) is 21.3 Å². The highest BCUT2D eigenvalue weighted by Gasteiger charge is 2.30. The lowest BCUT2D eigenvalue weighted by Gasteiger charge is -2.19. The monoisotopic (exact) mass is 485 g/mol. The van der Waals surface area contributed by atoms with Crippen molar-refractivity contribution in [2.24, 2.45) is 0 Å². The summed E-state index contributed by atoms with van der Waals surface area (Å²) < 4.78 is 7.32. The Labute approximate surface area is 202 Å². The zero-order chi connectivity index (χ0) is 23.4. The van der Waals surface area contributed by atoms with E-state index in [2.05, 4.69) is 5.32 Å². The first kappa shape index (κ1) is 23.8. The fourth-order valence-electron chi connectivity index (χ4n) is 3.51. The van der Waals surface area contributed by atoms with Crippen LogP contribution in [0.25, 0.3) is 10.9 Å². The van der Waals surface area contributed by atoms with Crippen molar-refractivity contribution < 1.29 is 9.53 Å². The van der Waals surface area contributed by atoms with Crippen LogP contribution in [0.3, 0.4) is 0 Å². The van der Waals surface area contributed by atoms with Gasteiger partial charge in [0.15, 0.2) is 5.16 Å². The Hall–Kier alpha value is -2.35. The lowest BCUT2D eigenvalue weighted by molar-refractivity contribution is -0.120. The molecule has 174 valence electrons. The minimum Gasteiger partial charge on any atom is -0.379 e. The number of carbonyl (C=O) groups excluding carboxylic acids is 1. The van der Waals surface area contributed by atoms with Gasteiger partial charge in [0.25, 0.3) is 5.56 Å². The van der Waals surface area contributed by atoms with Crippen LogP contribution in [0.15, 0.2) is 58.5 Å². The molecule has 1 N–H and O–H groups in total. The van der Waals surface area contributed by atoms with Gasteiger partial charge in [-0.2, -0.15) is 0 Å². The van der Waals surface area contributed by atoms with Gasteiger partial charge in [-0.25, -0.2) is 4.98 Å². The van der Waals surface area contributed by atoms with E-state index in [1.165, 1.54) is 11.8 Å². The molecule has 6 nitrogen and oxygen atoms in total. The Morgan fingerprint density at radius 1 is 1.24 bits per heavy atom. The van der Waals surface area contributed by atoms with Gasteiger partial charge >= 0.3 is 0 Å². The number of carbonyl (C=O) groups is 1. The van der Waals surface area contributed by atoms with Gasteiger partial charge in [0.05, 0.1) is 17.0 Å². The first-order valence-electron chi connectivity index (χ1n) is 11.3. The maximum atomic E-state index is 13.4. The number of hydrogen-bond acceptors (Lipinski definition) is 5. The average Bonchev–Trinajstić information content (AvgIpc) is 3.60. The maximum absolute atomic E-state index is 13.4. The number of fused-ring (bicyclic) bond motifs is 1. The molecule has 1 aromatic heterocycles. The number of aromatic nitrogens is 2. The smallest absolute Gasteiger partial charge is 0.262 e. The van der Waals surface area contributed by atoms with E-state index in [0.717, 1.165) is 18.4 Å². The number of halogens is 1. The molecular weight excluding hydrogens is 458 g/mol. The number of ether oxygens (including phenoxy) is 1. The number of thioether (sulfide) groups is 1. The Kier molecular flexibility index (Phi) is 7.73. The summed E-state index contributed by atoms with van der Waals surface area (Å²) in [5, 5.41) is 4.10. The third kappa shape index (κ3) is 6.16. The quantitative estimate of drug-likeness (QED) is 0.249. The molecule has 1 amide bonds. The fourth-order valence-corrected chi connectivity index (χ4v) is 4.81. The molecule has 1 heterocycles. The third-order valence-corrected chi connectivity index (χ3v) is 6.83. The highest BCUT2D eigenvalue weighted by molar-refractivity contribution is 8.00. The molecule has 1 saturated carbocycles. The van der Waals surface area contributed by atoms with Crippen LogP contribution in [0, 0.1) is 0 Å². The molecule has 0 bridgehead atoms. The Morgan fingerprint density at radius 2 is 2.00 bits per heavy atom. The van der Waals surface area contributed by atoms with Crippen LogP contribution < -0.4 is 10.9 Å². The molecule has 1 aliphatic carbocycles. The van der Waals surface area contributed by atoms with Gasteiger partial charge in [-0.1, -0.05) is 53.7 Å². The summed E-state index contributed by atoms with van der Waals surface area (Å²) in [6, 6.07) is 14.9. The number of benzene rings is 2. The van der Waals surface area contributed by atoms with Crippen molar-refractivity contribution in [2.75, 3.05) is 6.61 Å². The molecule has 0 saturated heterocycles. The largest absolute Gasteiger partial charge is 0.379 e. The highest BCUT2D eigenvalue weighted by atomic mass is 35.5. The van der Waals surface area contributed by atoms with Gasteiger partial charge < -0.3 is 10.1 Å². The van der Waals surface area contributed by atoms with Crippen molar-refractivity contribution >= 4 is 40.2 Å². The van der Waals surface area contributed by atoms with E-state index >= 15 is 0 Å². The van der Waals surface area contributed by atoms with Gasteiger partial charge in [0, 0.05) is 24.2 Å². The van der Waals surface area contributed by atoms with Gasteiger partial charge in [-0.15, -0.1) is 0 Å². The van der Waals surface area contributed by atoms with E-state index in [9.17, 15) is 9.59 Å². The van der Waals surface area contributed by atoms with Crippen molar-refractivity contribution in [2.45, 2.75) is 62.2 Å². The lowest BCUT2D eigenvalue weighted by Crippen LogP contribution is -2.31. The predicted molar refractivity (Wildman–Crippen MR) is 133 cm³/mol. The predicted octanol–water partition coefficient (Wildman–Crippen LogP) is 4.98. The summed E-state index contributed by atoms with van der Waals surface area (Å²) in [6.07, 6.45) is 2.80. The first-order valence-corrected chi connectivity index (χ1v) is 12.5. The van der Waals surface area contributed by atoms with Gasteiger partial charge in [-0.05, 0) is 56.9 Å². The second-order valence-electron chi connectivity index (χ2n) is 8.48. The van der Waals surface area contributed by atoms with Crippen LogP contribution in [0.4, 0.5) is 0 Å². The van der Waals surface area contributed by atoms with Crippen molar-refractivity contribution in [3.63, 3.8) is 0 Å². The zero-order valence-corrected chi connectivity index (χ0v) is 20.4. The standard InChI is InChI=1S/C25H28ClN3O3S/c1-16(2)32-14-6-13-29-24(31)20-12-9-18(26)15-21(20)28-25(29)33-22(17-7-4-3-5-8-17)23(30)27-19-10-11-19/h3-5,7-9,12,15-16,19,22H,6,10-11,13-14H2,1-2H3,(H,27,30). The number of nitrogens with zero attached hydrogens (tertiary/aromatic N) is 2. The second kappa shape index (κ2) is 10.7. The summed E-state index contributed by atoms with van der Waals surface area (Å²) >= 11 is 7.48. The van der Waals surface area contributed by atoms with E-state index < -0.39 is 5.25 Å². The lowest BCUT2D eigenvalue weighted by atomic mass is 10.1. The van der Waals surface area contributed by atoms with Crippen molar-refractivity contribution in [1.29, 1.82) is 0 Å². The van der Waals surface area contributed by atoms with Crippen LogP contribution in [0.5, 0.6) is 0 Å². The van der Waals surface area contributed by atoms with Crippen LogP contribution in [-0.2, 0) is 16.1 Å². The van der Waals surface area contributed by atoms with Crippen molar-refractivity contribution in [1.82, 2.24) is 14.9 Å². The normalized spacial score (nSPS) is 14.5. The Balaban J connectivity index is 1.71. The number of amides is 1. The molecule has 1 atom stereocenters. The zero-order valence-electron chi connectivity index (χ0n) is 18.8. The summed E-state index contributed by atoms with van der Waals surface area (Å²) in [5.41, 5.74) is 1.26. The molecule has 3 aromatic rings. The van der Waals surface area contributed by atoms with Crippen LogP contribution >= 0.6 is 23.4 Å². The second-order valence-corrected chi connectivity index (χ2v) is 9.99. The van der Waals surface area contributed by atoms with Crippen molar-refractivity contribution in [3.05, 3.63) is 69.5 Å². The van der Waals surface area contributed by atoms with E-state index in [0.29, 0.717) is 40.7 Å². The van der Waals surface area contributed by atoms with E-state index in [-0.39, 0.29) is 23.6 Å². The summed E-state index contributed by atoms with van der Waals surface area (Å²) in [6.45, 7) is 4.96. The molecule has 33 heavy (non-hydrogen) atoms. The molecule has 1 aliphatic rings. The summed E-state index contributed by atoms with van der Waals surface area (Å²) in [4.78, 5) is 31.3. The van der Waals surface area contributed by atoms with Crippen LogP contribution in [0.1, 0.15) is 43.9 Å². The number of rotatable bonds is 10. The SMILES string of the molecule is CC(C)OCCCn1c(SC(C(=O)NC2CC2)c2ccccc2)nc2cc(Cl)ccc2c1=O. The van der Waals surface area contributed by atoms with Crippen LogP contribution in [0.2, 0.25) is 5.02 Å². The van der Waals surface area contributed by atoms with Crippen molar-refractivity contribution in [3.8, 4) is 0 Å². The summed E-state index contributed by atoms with van der Waals surface area (Å²) in [5.74, 6) is -0.0659. The Bertz CT molecular complexity index is 1180. The van der Waals surface area contributed by atoms with E-state index in [1.807, 2.05) is 44.2 Å². The molecule has 1 unspecified atom stereocenters. The third-order valence-electron chi connectivity index (χ3n) is 5.35. The molecule has 8 heteroatoms. The summed E-state index contributed by atoms with van der Waals surface area (Å²) in [7, 11) is 0. The van der Waals surface area contributed by atoms with Gasteiger partial charge in [0.1, 0.15) is 5.25 Å². The fraction of sp³-hybridized carbons (Fsp3) is 0.400. The van der Waals surface area contributed by atoms with Gasteiger partial charge in [0.2, 0.25) is 5.91 Å². The van der Waals surface area contributed by atoms with Crippen LogP contribution in [-0.4, -0.2) is 34.2 Å². The molecule has 4 rings (SSSR count). The molecule has 0 spiro atoms. The molecular formula is C25H28ClN3O3S. The maximum Gasteiger partial charge on any atom is 0.262 e. The molecule has 1 fully saturated rings.